The van der Waals surface area contributed by atoms with Gasteiger partial charge in [0.1, 0.15) is 6.04 Å². The Balaban J connectivity index is 1.85. The van der Waals surface area contributed by atoms with E-state index in [2.05, 4.69) is 4.72 Å². The van der Waals surface area contributed by atoms with Gasteiger partial charge in [0, 0.05) is 18.7 Å². The molecule has 2 aromatic rings. The third-order valence-corrected chi connectivity index (χ3v) is 6.26. The summed E-state index contributed by atoms with van der Waals surface area (Å²) in [7, 11) is -4.04. The Hall–Kier alpha value is -2.71. The highest BCUT2D eigenvalue weighted by Crippen LogP contribution is 2.33. The van der Waals surface area contributed by atoms with Gasteiger partial charge in [-0.1, -0.05) is 30.3 Å². The third-order valence-electron chi connectivity index (χ3n) is 4.79. The number of aliphatic carboxylic acids is 1. The molecule has 2 atom stereocenters. The molecule has 1 aliphatic rings. The van der Waals surface area contributed by atoms with Crippen molar-refractivity contribution < 1.29 is 23.1 Å². The first kappa shape index (κ1) is 20.0. The van der Waals surface area contributed by atoms with E-state index in [4.69, 9.17) is 0 Å². The first-order valence-electron chi connectivity index (χ1n) is 8.91. The normalized spacial score (nSPS) is 17.2. The van der Waals surface area contributed by atoms with Gasteiger partial charge in [0.15, 0.2) is 0 Å². The lowest BCUT2D eigenvalue weighted by molar-refractivity contribution is -0.138. The van der Waals surface area contributed by atoms with Gasteiger partial charge in [-0.25, -0.2) is 8.42 Å². The number of nitrogens with one attached hydrogen (secondary N) is 1. The summed E-state index contributed by atoms with van der Waals surface area (Å²) < 4.78 is 27.8. The summed E-state index contributed by atoms with van der Waals surface area (Å²) in [4.78, 5) is 25.0. The second-order valence-electron chi connectivity index (χ2n) is 6.93. The van der Waals surface area contributed by atoms with Crippen LogP contribution < -0.4 is 9.62 Å². The van der Waals surface area contributed by atoms with Gasteiger partial charge in [0.05, 0.1) is 4.90 Å². The molecule has 2 N–H and O–H groups in total. The minimum absolute atomic E-state index is 0.0110. The summed E-state index contributed by atoms with van der Waals surface area (Å²) in [5.74, 6) is -1.35. The van der Waals surface area contributed by atoms with E-state index in [1.54, 1.807) is 41.3 Å². The van der Waals surface area contributed by atoms with Crippen LogP contribution in [0.4, 0.5) is 5.69 Å². The maximum atomic E-state index is 12.8. The Morgan fingerprint density at radius 3 is 2.50 bits per heavy atom. The molecule has 0 saturated carbocycles. The van der Waals surface area contributed by atoms with E-state index in [-0.39, 0.29) is 23.3 Å². The molecule has 0 saturated heterocycles. The third kappa shape index (κ3) is 4.07. The van der Waals surface area contributed by atoms with Crippen LogP contribution in [-0.4, -0.2) is 37.5 Å². The highest BCUT2D eigenvalue weighted by Gasteiger charge is 2.31. The molecule has 7 nitrogen and oxygen atoms in total. The number of carbonyl (C=O) groups is 2. The molecular formula is C20H22N2O5S. The average molecular weight is 402 g/mol. The Labute approximate surface area is 164 Å². The summed E-state index contributed by atoms with van der Waals surface area (Å²) in [5, 5.41) is 9.46. The topological polar surface area (TPSA) is 104 Å². The smallest absolute Gasteiger partial charge is 0.322 e. The number of anilines is 1. The van der Waals surface area contributed by atoms with Gasteiger partial charge in [0.2, 0.25) is 15.9 Å². The van der Waals surface area contributed by atoms with E-state index >= 15 is 0 Å². The number of carbonyl (C=O) groups excluding carboxylic acids is 1. The van der Waals surface area contributed by atoms with Crippen molar-refractivity contribution in [2.24, 2.45) is 0 Å². The maximum Gasteiger partial charge on any atom is 0.322 e. The van der Waals surface area contributed by atoms with Crippen molar-refractivity contribution in [3.8, 4) is 0 Å². The average Bonchev–Trinajstić information content (AvgIpc) is 2.96. The van der Waals surface area contributed by atoms with Gasteiger partial charge in [-0.3, -0.25) is 9.59 Å². The van der Waals surface area contributed by atoms with Crippen LogP contribution in [0, 0.1) is 0 Å². The number of benzene rings is 2. The Bertz CT molecular complexity index is 1000. The number of rotatable bonds is 6. The molecule has 1 aliphatic heterocycles. The highest BCUT2D eigenvalue weighted by atomic mass is 32.2. The molecule has 2 aromatic carbocycles. The Kier molecular flexibility index (Phi) is 5.53. The van der Waals surface area contributed by atoms with Crippen LogP contribution in [-0.2, 0) is 32.5 Å². The molecule has 0 bridgehead atoms. The van der Waals surface area contributed by atoms with Gasteiger partial charge >= 0.3 is 5.97 Å². The zero-order chi connectivity index (χ0) is 20.5. The van der Waals surface area contributed by atoms with E-state index in [1.807, 2.05) is 6.92 Å². The number of carboxylic acid groups (broad SMARTS) is 1. The molecule has 8 heteroatoms. The van der Waals surface area contributed by atoms with Crippen molar-refractivity contribution in [3.63, 3.8) is 0 Å². The van der Waals surface area contributed by atoms with Crippen LogP contribution in [0.15, 0.2) is 53.4 Å². The second kappa shape index (κ2) is 7.73. The first-order valence-corrected chi connectivity index (χ1v) is 10.4. The van der Waals surface area contributed by atoms with E-state index in [9.17, 15) is 23.1 Å². The van der Waals surface area contributed by atoms with Crippen molar-refractivity contribution >= 4 is 27.6 Å². The molecule has 0 aliphatic carbocycles. The lowest BCUT2D eigenvalue weighted by Crippen LogP contribution is -2.42. The fraction of sp³-hybridized carbons (Fsp3) is 0.300. The summed E-state index contributed by atoms with van der Waals surface area (Å²) in [6.45, 7) is 3.37. The molecule has 0 fully saturated rings. The zero-order valence-electron chi connectivity index (χ0n) is 15.6. The largest absolute Gasteiger partial charge is 0.480 e. The molecule has 1 heterocycles. The van der Waals surface area contributed by atoms with Crippen molar-refractivity contribution in [2.45, 2.75) is 43.7 Å². The zero-order valence-corrected chi connectivity index (χ0v) is 16.4. The number of amides is 1. The van der Waals surface area contributed by atoms with Gasteiger partial charge in [-0.2, -0.15) is 4.72 Å². The summed E-state index contributed by atoms with van der Waals surface area (Å²) in [6.07, 6.45) is 0.583. The molecule has 0 unspecified atom stereocenters. The van der Waals surface area contributed by atoms with Crippen LogP contribution in [0.5, 0.6) is 0 Å². The molecular weight excluding hydrogens is 380 g/mol. The minimum Gasteiger partial charge on any atom is -0.480 e. The SMILES string of the molecule is CC(=O)N1c2ccc(S(=O)(=O)N[C@H](Cc3ccccc3)C(=O)O)cc2C[C@H]1C. The van der Waals surface area contributed by atoms with E-state index in [0.717, 1.165) is 11.1 Å². The first-order chi connectivity index (χ1) is 13.2. The van der Waals surface area contributed by atoms with E-state index < -0.39 is 22.0 Å². The number of nitrogens with zero attached hydrogens (tertiary/aromatic N) is 1. The molecule has 1 amide bonds. The summed E-state index contributed by atoms with van der Waals surface area (Å²) in [5.41, 5.74) is 2.16. The predicted octanol–water partition coefficient (Wildman–Crippen LogP) is 1.96. The summed E-state index contributed by atoms with van der Waals surface area (Å²) >= 11 is 0. The molecule has 0 spiro atoms. The number of sulfonamides is 1. The van der Waals surface area contributed by atoms with E-state index in [1.165, 1.54) is 19.1 Å². The maximum absolute atomic E-state index is 12.8. The number of hydrogen-bond donors (Lipinski definition) is 2. The number of carboxylic acids is 1. The monoisotopic (exact) mass is 402 g/mol. The van der Waals surface area contributed by atoms with Crippen LogP contribution in [0.1, 0.15) is 25.0 Å². The highest BCUT2D eigenvalue weighted by molar-refractivity contribution is 7.89. The molecule has 3 rings (SSSR count). The van der Waals surface area contributed by atoms with Crippen molar-refractivity contribution in [1.29, 1.82) is 0 Å². The van der Waals surface area contributed by atoms with Crippen LogP contribution in [0.3, 0.4) is 0 Å². The minimum atomic E-state index is -4.04. The molecule has 28 heavy (non-hydrogen) atoms. The van der Waals surface area contributed by atoms with Crippen molar-refractivity contribution in [3.05, 3.63) is 59.7 Å². The predicted molar refractivity (Wildman–Crippen MR) is 105 cm³/mol. The lowest BCUT2D eigenvalue weighted by Gasteiger charge is -2.20. The Morgan fingerprint density at radius 1 is 1.21 bits per heavy atom. The second-order valence-corrected chi connectivity index (χ2v) is 8.65. The molecule has 148 valence electrons. The van der Waals surface area contributed by atoms with Gasteiger partial charge < -0.3 is 10.0 Å². The van der Waals surface area contributed by atoms with E-state index in [0.29, 0.717) is 12.1 Å². The number of fused-ring (bicyclic) bond motifs is 1. The molecule has 0 aromatic heterocycles. The fourth-order valence-corrected chi connectivity index (χ4v) is 4.78. The fourth-order valence-electron chi connectivity index (χ4n) is 3.54. The molecule has 0 radical (unpaired) electrons. The standard InChI is InChI=1S/C20H22N2O5S/c1-13-10-16-12-17(8-9-19(16)22(13)14(2)23)28(26,27)21-18(20(24)25)11-15-6-4-3-5-7-15/h3-9,12-13,18,21H,10-11H2,1-2H3,(H,24,25)/t13-,18-/m1/s1. The Morgan fingerprint density at radius 2 is 1.89 bits per heavy atom. The van der Waals surface area contributed by atoms with Gasteiger partial charge in [0.25, 0.3) is 0 Å². The summed E-state index contributed by atoms with van der Waals surface area (Å²) in [6, 6.07) is 12.0. The van der Waals surface area contributed by atoms with Gasteiger partial charge in [-0.05, 0) is 49.1 Å². The van der Waals surface area contributed by atoms with Crippen LogP contribution in [0.25, 0.3) is 0 Å². The van der Waals surface area contributed by atoms with Gasteiger partial charge in [-0.15, -0.1) is 0 Å². The van der Waals surface area contributed by atoms with Crippen LogP contribution >= 0.6 is 0 Å². The van der Waals surface area contributed by atoms with Crippen molar-refractivity contribution in [1.82, 2.24) is 4.72 Å². The lowest BCUT2D eigenvalue weighted by atomic mass is 10.1. The quantitative estimate of drug-likeness (QED) is 0.769. The van der Waals surface area contributed by atoms with Crippen LogP contribution in [0.2, 0.25) is 0 Å². The number of hydrogen-bond acceptors (Lipinski definition) is 4. The van der Waals surface area contributed by atoms with Crippen molar-refractivity contribution in [2.75, 3.05) is 4.90 Å².